The topological polar surface area (TPSA) is 58.2 Å². The van der Waals surface area contributed by atoms with Gasteiger partial charge in [-0.1, -0.05) is 24.3 Å². The Kier molecular flexibility index (Phi) is 4.39. The smallest absolute Gasteiger partial charge is 0.237 e. The van der Waals surface area contributed by atoms with Crippen LogP contribution in [0.15, 0.2) is 47.4 Å². The number of carbonyl (C=O) groups excluding carboxylic acids is 2. The summed E-state index contributed by atoms with van der Waals surface area (Å²) in [5, 5.41) is 5.67. The first-order valence-electron chi connectivity index (χ1n) is 7.49. The number of rotatable bonds is 3. The molecule has 0 fully saturated rings. The Bertz CT molecular complexity index is 773. The molecule has 0 saturated carbocycles. The highest BCUT2D eigenvalue weighted by atomic mass is 32.2. The van der Waals surface area contributed by atoms with Crippen LogP contribution in [-0.2, 0) is 16.0 Å². The molecule has 1 unspecified atom stereocenters. The molecule has 23 heavy (non-hydrogen) atoms. The van der Waals surface area contributed by atoms with Gasteiger partial charge in [-0.3, -0.25) is 9.59 Å². The zero-order valence-corrected chi connectivity index (χ0v) is 13.9. The van der Waals surface area contributed by atoms with Crippen molar-refractivity contribution >= 4 is 35.0 Å². The van der Waals surface area contributed by atoms with Crippen molar-refractivity contribution in [3.8, 4) is 0 Å². The SMILES string of the molecule is Cc1ccccc1CC(=O)Nc1ccc2c(c1)NC(=O)C(C)S2. The van der Waals surface area contributed by atoms with Gasteiger partial charge in [0.15, 0.2) is 0 Å². The highest BCUT2D eigenvalue weighted by Crippen LogP contribution is 2.36. The summed E-state index contributed by atoms with van der Waals surface area (Å²) in [6, 6.07) is 13.5. The molecule has 2 aromatic carbocycles. The number of anilines is 2. The largest absolute Gasteiger partial charge is 0.326 e. The molecule has 0 radical (unpaired) electrons. The Balaban J connectivity index is 1.71. The van der Waals surface area contributed by atoms with Crippen molar-refractivity contribution in [1.82, 2.24) is 0 Å². The van der Waals surface area contributed by atoms with Crippen molar-refractivity contribution in [1.29, 1.82) is 0 Å². The van der Waals surface area contributed by atoms with Crippen LogP contribution in [0.1, 0.15) is 18.1 Å². The minimum Gasteiger partial charge on any atom is -0.326 e. The highest BCUT2D eigenvalue weighted by Gasteiger charge is 2.23. The molecule has 4 nitrogen and oxygen atoms in total. The summed E-state index contributed by atoms with van der Waals surface area (Å²) in [5.74, 6) is -0.0757. The van der Waals surface area contributed by atoms with Gasteiger partial charge in [0.05, 0.1) is 17.4 Å². The summed E-state index contributed by atoms with van der Waals surface area (Å²) in [6.45, 7) is 3.87. The normalized spacial score (nSPS) is 16.4. The average molecular weight is 326 g/mol. The van der Waals surface area contributed by atoms with Crippen molar-refractivity contribution in [2.24, 2.45) is 0 Å². The Hall–Kier alpha value is -2.27. The fourth-order valence-corrected chi connectivity index (χ4v) is 3.40. The van der Waals surface area contributed by atoms with E-state index in [1.165, 1.54) is 11.8 Å². The molecule has 3 rings (SSSR count). The molecular formula is C18H18N2O2S. The van der Waals surface area contributed by atoms with Crippen LogP contribution in [0.5, 0.6) is 0 Å². The number of hydrogen-bond acceptors (Lipinski definition) is 3. The van der Waals surface area contributed by atoms with Crippen LogP contribution in [0, 0.1) is 6.92 Å². The van der Waals surface area contributed by atoms with Crippen molar-refractivity contribution in [2.75, 3.05) is 10.6 Å². The van der Waals surface area contributed by atoms with Gasteiger partial charge in [-0.25, -0.2) is 0 Å². The second-order valence-electron chi connectivity index (χ2n) is 5.61. The number of nitrogens with one attached hydrogen (secondary N) is 2. The van der Waals surface area contributed by atoms with E-state index in [1.807, 2.05) is 56.3 Å². The number of hydrogen-bond donors (Lipinski definition) is 2. The van der Waals surface area contributed by atoms with Gasteiger partial charge in [-0.2, -0.15) is 0 Å². The van der Waals surface area contributed by atoms with Crippen LogP contribution >= 0.6 is 11.8 Å². The average Bonchev–Trinajstić information content (AvgIpc) is 2.51. The van der Waals surface area contributed by atoms with Crippen LogP contribution in [-0.4, -0.2) is 17.1 Å². The monoisotopic (exact) mass is 326 g/mol. The second-order valence-corrected chi connectivity index (χ2v) is 6.99. The van der Waals surface area contributed by atoms with Gasteiger partial charge in [0.1, 0.15) is 0 Å². The number of carbonyl (C=O) groups is 2. The molecular weight excluding hydrogens is 308 g/mol. The van der Waals surface area contributed by atoms with Crippen LogP contribution in [0.2, 0.25) is 0 Å². The van der Waals surface area contributed by atoms with E-state index in [0.29, 0.717) is 12.1 Å². The third-order valence-electron chi connectivity index (χ3n) is 3.81. The second kappa shape index (κ2) is 6.46. The van der Waals surface area contributed by atoms with E-state index in [2.05, 4.69) is 10.6 Å². The van der Waals surface area contributed by atoms with E-state index >= 15 is 0 Å². The van der Waals surface area contributed by atoms with E-state index in [9.17, 15) is 9.59 Å². The zero-order chi connectivity index (χ0) is 16.4. The molecule has 0 aromatic heterocycles. The Morgan fingerprint density at radius 1 is 1.26 bits per heavy atom. The maximum Gasteiger partial charge on any atom is 0.237 e. The summed E-state index contributed by atoms with van der Waals surface area (Å²) in [5.41, 5.74) is 3.57. The van der Waals surface area contributed by atoms with Crippen LogP contribution in [0.4, 0.5) is 11.4 Å². The third kappa shape index (κ3) is 3.56. The molecule has 1 atom stereocenters. The fraction of sp³-hybridized carbons (Fsp3) is 0.222. The molecule has 118 valence electrons. The Labute approximate surface area is 139 Å². The summed E-state index contributed by atoms with van der Waals surface area (Å²) < 4.78 is 0. The lowest BCUT2D eigenvalue weighted by Gasteiger charge is -2.22. The van der Waals surface area contributed by atoms with E-state index in [0.717, 1.165) is 21.7 Å². The lowest BCUT2D eigenvalue weighted by atomic mass is 10.1. The van der Waals surface area contributed by atoms with Crippen LogP contribution < -0.4 is 10.6 Å². The van der Waals surface area contributed by atoms with Crippen molar-refractivity contribution in [3.05, 3.63) is 53.6 Å². The van der Waals surface area contributed by atoms with E-state index in [1.54, 1.807) is 0 Å². The molecule has 0 saturated heterocycles. The third-order valence-corrected chi connectivity index (χ3v) is 4.98. The minimum atomic E-state index is -0.0935. The highest BCUT2D eigenvalue weighted by molar-refractivity contribution is 8.00. The molecule has 2 N–H and O–H groups in total. The quantitative estimate of drug-likeness (QED) is 0.906. The summed E-state index contributed by atoms with van der Waals surface area (Å²) in [6.07, 6.45) is 0.335. The summed E-state index contributed by atoms with van der Waals surface area (Å²) in [7, 11) is 0. The van der Waals surface area contributed by atoms with Crippen molar-refractivity contribution in [2.45, 2.75) is 30.4 Å². The first kappa shape index (κ1) is 15.6. The molecule has 2 amide bonds. The summed E-state index contributed by atoms with van der Waals surface area (Å²) in [4.78, 5) is 25.0. The molecule has 1 aliphatic heterocycles. The Morgan fingerprint density at radius 3 is 2.83 bits per heavy atom. The van der Waals surface area contributed by atoms with E-state index < -0.39 is 0 Å². The van der Waals surface area contributed by atoms with Gasteiger partial charge in [0.2, 0.25) is 11.8 Å². The standard InChI is InChI=1S/C18H18N2O2S/c1-11-5-3-4-6-13(11)9-17(21)19-14-7-8-16-15(10-14)20-18(22)12(2)23-16/h3-8,10,12H,9H2,1-2H3,(H,19,21)(H,20,22). The predicted octanol–water partition coefficient (Wildman–Crippen LogP) is 3.61. The van der Waals surface area contributed by atoms with Gasteiger partial charge in [-0.15, -0.1) is 11.8 Å². The number of thioether (sulfide) groups is 1. The maximum absolute atomic E-state index is 12.2. The molecule has 0 aliphatic carbocycles. The number of fused-ring (bicyclic) bond motifs is 1. The molecule has 1 heterocycles. The molecule has 1 aliphatic rings. The minimum absolute atomic E-state index is 0.00844. The zero-order valence-electron chi connectivity index (χ0n) is 13.1. The summed E-state index contributed by atoms with van der Waals surface area (Å²) >= 11 is 1.53. The van der Waals surface area contributed by atoms with Gasteiger partial charge < -0.3 is 10.6 Å². The van der Waals surface area contributed by atoms with Crippen LogP contribution in [0.25, 0.3) is 0 Å². The number of aryl methyl sites for hydroxylation is 1. The van der Waals surface area contributed by atoms with Crippen molar-refractivity contribution in [3.63, 3.8) is 0 Å². The van der Waals surface area contributed by atoms with Gasteiger partial charge in [0, 0.05) is 10.6 Å². The van der Waals surface area contributed by atoms with Gasteiger partial charge >= 0.3 is 0 Å². The Morgan fingerprint density at radius 2 is 2.04 bits per heavy atom. The fourth-order valence-electron chi connectivity index (χ4n) is 2.47. The first-order valence-corrected chi connectivity index (χ1v) is 8.37. The predicted molar refractivity (Wildman–Crippen MR) is 93.9 cm³/mol. The molecule has 2 aromatic rings. The molecule has 0 bridgehead atoms. The molecule has 5 heteroatoms. The number of amides is 2. The van der Waals surface area contributed by atoms with Gasteiger partial charge in [0.25, 0.3) is 0 Å². The van der Waals surface area contributed by atoms with E-state index in [-0.39, 0.29) is 17.1 Å². The van der Waals surface area contributed by atoms with E-state index in [4.69, 9.17) is 0 Å². The van der Waals surface area contributed by atoms with Gasteiger partial charge in [-0.05, 0) is 43.2 Å². The first-order chi connectivity index (χ1) is 11.0. The van der Waals surface area contributed by atoms with Crippen LogP contribution in [0.3, 0.4) is 0 Å². The number of benzene rings is 2. The lowest BCUT2D eigenvalue weighted by Crippen LogP contribution is -2.26. The maximum atomic E-state index is 12.2. The molecule has 0 spiro atoms. The van der Waals surface area contributed by atoms with Crippen molar-refractivity contribution < 1.29 is 9.59 Å². The lowest BCUT2D eigenvalue weighted by molar-refractivity contribution is -0.116.